The average Bonchev–Trinajstić information content (AvgIpc) is 3.20. The van der Waals surface area contributed by atoms with Crippen LogP contribution in [0.4, 0.5) is 13.2 Å². The third-order valence-electron chi connectivity index (χ3n) is 4.20. The fourth-order valence-corrected chi connectivity index (χ4v) is 3.25. The Labute approximate surface area is 123 Å². The van der Waals surface area contributed by atoms with Gasteiger partial charge in [0.25, 0.3) is 0 Å². The minimum Gasteiger partial charge on any atom is -0.374 e. The molecule has 0 spiro atoms. The molecule has 0 aliphatic carbocycles. The summed E-state index contributed by atoms with van der Waals surface area (Å²) in [4.78, 5) is 4.16. The second kappa shape index (κ2) is 4.55. The molecule has 2 aliphatic heterocycles. The van der Waals surface area contributed by atoms with E-state index < -0.39 is 11.9 Å². The van der Waals surface area contributed by atoms with E-state index in [1.807, 2.05) is 0 Å². The molecular weight excluding hydrogens is 301 g/mol. The predicted octanol–water partition coefficient (Wildman–Crippen LogP) is 2.52. The van der Waals surface area contributed by atoms with E-state index in [1.165, 1.54) is 13.2 Å². The number of hydrogen-bond acceptors (Lipinski definition) is 5. The lowest BCUT2D eigenvalue weighted by Gasteiger charge is -2.13. The summed E-state index contributed by atoms with van der Waals surface area (Å²) in [6.07, 6.45) is -0.354. The quantitative estimate of drug-likeness (QED) is 0.852. The number of aryl methyl sites for hydroxylation is 1. The molecule has 0 saturated carbocycles. The molecule has 2 saturated heterocycles. The fraction of sp³-hybridized carbons (Fsp3) is 0.615. The normalized spacial score (nSPS) is 27.7. The van der Waals surface area contributed by atoms with Crippen molar-refractivity contribution in [3.05, 3.63) is 17.8 Å². The highest BCUT2D eigenvalue weighted by molar-refractivity contribution is 5.57. The van der Waals surface area contributed by atoms with Crippen LogP contribution < -0.4 is 0 Å². The molecular formula is C13H13F3N4O2. The summed E-state index contributed by atoms with van der Waals surface area (Å²) in [6, 6.07) is 0. The number of fused-ring (bicyclic) bond motifs is 2. The van der Waals surface area contributed by atoms with Gasteiger partial charge in [-0.2, -0.15) is 23.3 Å². The lowest BCUT2D eigenvalue weighted by atomic mass is 9.89. The first-order valence-corrected chi connectivity index (χ1v) is 7.02. The van der Waals surface area contributed by atoms with E-state index in [9.17, 15) is 13.2 Å². The zero-order valence-corrected chi connectivity index (χ0v) is 11.7. The Morgan fingerprint density at radius 3 is 2.77 bits per heavy atom. The third kappa shape index (κ3) is 2.11. The summed E-state index contributed by atoms with van der Waals surface area (Å²) in [6.45, 7) is 0. The largest absolute Gasteiger partial charge is 0.435 e. The zero-order chi connectivity index (χ0) is 15.5. The third-order valence-corrected chi connectivity index (χ3v) is 4.20. The van der Waals surface area contributed by atoms with Crippen LogP contribution in [-0.2, 0) is 18.0 Å². The minimum absolute atomic E-state index is 0.0222. The highest BCUT2D eigenvalue weighted by Crippen LogP contribution is 2.44. The van der Waals surface area contributed by atoms with Crippen molar-refractivity contribution in [1.82, 2.24) is 19.9 Å². The molecule has 0 N–H and O–H groups in total. The number of nitrogens with zero attached hydrogens (tertiary/aromatic N) is 4. The van der Waals surface area contributed by atoms with Crippen molar-refractivity contribution in [3.63, 3.8) is 0 Å². The van der Waals surface area contributed by atoms with Crippen LogP contribution >= 0.6 is 0 Å². The van der Waals surface area contributed by atoms with Gasteiger partial charge in [0, 0.05) is 13.2 Å². The first-order valence-electron chi connectivity index (χ1n) is 7.02. The molecule has 9 heteroatoms. The van der Waals surface area contributed by atoms with Crippen LogP contribution in [-0.4, -0.2) is 32.1 Å². The van der Waals surface area contributed by atoms with Crippen LogP contribution in [0.2, 0.25) is 0 Å². The summed E-state index contributed by atoms with van der Waals surface area (Å²) < 4.78 is 51.0. The van der Waals surface area contributed by atoms with Crippen LogP contribution in [0.25, 0.3) is 11.4 Å². The van der Waals surface area contributed by atoms with Gasteiger partial charge in [-0.05, 0) is 19.3 Å². The molecule has 0 unspecified atom stereocenters. The van der Waals surface area contributed by atoms with E-state index in [2.05, 4.69) is 15.2 Å². The Morgan fingerprint density at radius 1 is 1.32 bits per heavy atom. The van der Waals surface area contributed by atoms with E-state index >= 15 is 0 Å². The van der Waals surface area contributed by atoms with Gasteiger partial charge < -0.3 is 9.26 Å². The number of aromatic nitrogens is 4. The number of hydrogen-bond donors (Lipinski definition) is 0. The Bertz CT molecular complexity index is 708. The molecule has 2 aromatic rings. The summed E-state index contributed by atoms with van der Waals surface area (Å²) >= 11 is 0. The number of alkyl halides is 3. The van der Waals surface area contributed by atoms with Crippen LogP contribution in [0.5, 0.6) is 0 Å². The summed E-state index contributed by atoms with van der Waals surface area (Å²) in [5.74, 6) is 0.239. The topological polar surface area (TPSA) is 66.0 Å². The SMILES string of the molecule is Cn1cc(-c2noc([C@@H]3C[C@H]4CC[C@@H]3O4)n2)c(C(F)(F)F)n1. The highest BCUT2D eigenvalue weighted by Gasteiger charge is 2.45. The van der Waals surface area contributed by atoms with Crippen molar-refractivity contribution in [2.75, 3.05) is 0 Å². The van der Waals surface area contributed by atoms with Crippen LogP contribution in [0, 0.1) is 0 Å². The van der Waals surface area contributed by atoms with Gasteiger partial charge in [-0.25, -0.2) is 0 Å². The first-order chi connectivity index (χ1) is 10.4. The van der Waals surface area contributed by atoms with Gasteiger partial charge in [0.05, 0.1) is 23.7 Å². The summed E-state index contributed by atoms with van der Waals surface area (Å²) in [7, 11) is 1.42. The minimum atomic E-state index is -4.56. The van der Waals surface area contributed by atoms with Gasteiger partial charge in [0.2, 0.25) is 11.7 Å². The van der Waals surface area contributed by atoms with Crippen LogP contribution in [0.1, 0.15) is 36.8 Å². The molecule has 4 rings (SSSR count). The molecule has 22 heavy (non-hydrogen) atoms. The van der Waals surface area contributed by atoms with Crippen molar-refractivity contribution >= 4 is 0 Å². The molecule has 0 amide bonds. The molecule has 2 bridgehead atoms. The van der Waals surface area contributed by atoms with E-state index in [0.29, 0.717) is 5.89 Å². The lowest BCUT2D eigenvalue weighted by Crippen LogP contribution is -2.14. The first kappa shape index (κ1) is 13.7. The Kier molecular flexibility index (Phi) is 2.84. The lowest BCUT2D eigenvalue weighted by molar-refractivity contribution is -0.141. The summed E-state index contributed by atoms with van der Waals surface area (Å²) in [5, 5.41) is 7.16. The second-order valence-corrected chi connectivity index (χ2v) is 5.74. The number of rotatable bonds is 2. The zero-order valence-electron chi connectivity index (χ0n) is 11.7. The fourth-order valence-electron chi connectivity index (χ4n) is 3.25. The van der Waals surface area contributed by atoms with Crippen LogP contribution in [0.3, 0.4) is 0 Å². The van der Waals surface area contributed by atoms with Crippen molar-refractivity contribution in [2.24, 2.45) is 7.05 Å². The van der Waals surface area contributed by atoms with E-state index in [4.69, 9.17) is 9.26 Å². The van der Waals surface area contributed by atoms with Crippen LogP contribution in [0.15, 0.2) is 10.7 Å². The predicted molar refractivity (Wildman–Crippen MR) is 66.8 cm³/mol. The van der Waals surface area contributed by atoms with Gasteiger partial charge in [0.1, 0.15) is 0 Å². The number of halogens is 3. The molecule has 6 nitrogen and oxygen atoms in total. The van der Waals surface area contributed by atoms with E-state index in [-0.39, 0.29) is 29.5 Å². The molecule has 0 aromatic carbocycles. The average molecular weight is 314 g/mol. The van der Waals surface area contributed by atoms with Gasteiger partial charge in [-0.1, -0.05) is 5.16 Å². The molecule has 2 aromatic heterocycles. The van der Waals surface area contributed by atoms with Crippen molar-refractivity contribution in [3.8, 4) is 11.4 Å². The molecule has 118 valence electrons. The maximum Gasteiger partial charge on any atom is 0.435 e. The monoisotopic (exact) mass is 314 g/mol. The molecule has 4 heterocycles. The van der Waals surface area contributed by atoms with Gasteiger partial charge in [-0.3, -0.25) is 4.68 Å². The van der Waals surface area contributed by atoms with Gasteiger partial charge in [0.15, 0.2) is 5.69 Å². The smallest absolute Gasteiger partial charge is 0.374 e. The van der Waals surface area contributed by atoms with E-state index in [1.54, 1.807) is 0 Å². The van der Waals surface area contributed by atoms with E-state index in [0.717, 1.165) is 23.9 Å². The molecule has 2 fully saturated rings. The van der Waals surface area contributed by atoms with Crippen molar-refractivity contribution in [1.29, 1.82) is 0 Å². The molecule has 0 radical (unpaired) electrons. The maximum atomic E-state index is 13.0. The van der Waals surface area contributed by atoms with Gasteiger partial charge >= 0.3 is 6.18 Å². The molecule has 3 atom stereocenters. The molecule has 2 aliphatic rings. The summed E-state index contributed by atoms with van der Waals surface area (Å²) in [5.41, 5.74) is -1.18. The Balaban J connectivity index is 1.68. The van der Waals surface area contributed by atoms with Gasteiger partial charge in [-0.15, -0.1) is 0 Å². The standard InChI is InChI=1S/C13H13F3N4O2/c1-20-5-8(10(18-20)13(14,15)16)11-17-12(22-19-11)7-4-6-2-3-9(7)21-6/h5-7,9H,2-4H2,1H3/t6-,7-,9+/m1/s1. The Hall–Kier alpha value is -1.90. The second-order valence-electron chi connectivity index (χ2n) is 5.74. The number of ether oxygens (including phenoxy) is 1. The maximum absolute atomic E-state index is 13.0. The van der Waals surface area contributed by atoms with Crippen molar-refractivity contribution < 1.29 is 22.4 Å². The van der Waals surface area contributed by atoms with Crippen molar-refractivity contribution in [2.45, 2.75) is 43.6 Å². The highest BCUT2D eigenvalue weighted by atomic mass is 19.4. The Morgan fingerprint density at radius 2 is 2.14 bits per heavy atom.